The average Bonchev–Trinajstić information content (AvgIpc) is 2.42. The molecule has 0 bridgehead atoms. The topological polar surface area (TPSA) is 29.1 Å². The molecule has 1 amide bonds. The van der Waals surface area contributed by atoms with Crippen molar-refractivity contribution in [1.82, 2.24) is 0 Å². The number of halogens is 3. The van der Waals surface area contributed by atoms with Crippen LogP contribution in [0.2, 0.25) is 10.0 Å². The zero-order valence-electron chi connectivity index (χ0n) is 10.2. The highest BCUT2D eigenvalue weighted by Gasteiger charge is 2.07. The SMILES string of the molecule is O=C(/C=C/c1ccc(F)cc1)Nc1c(Cl)cccc1Cl. The Kier molecular flexibility index (Phi) is 4.77. The molecule has 0 heterocycles. The molecule has 5 heteroatoms. The normalized spacial score (nSPS) is 10.8. The van der Waals surface area contributed by atoms with E-state index in [9.17, 15) is 9.18 Å². The number of nitrogens with one attached hydrogen (secondary N) is 1. The molecule has 0 aromatic heterocycles. The number of para-hydroxylation sites is 1. The predicted molar refractivity (Wildman–Crippen MR) is 80.5 cm³/mol. The molecular weight excluding hydrogens is 300 g/mol. The largest absolute Gasteiger partial charge is 0.320 e. The van der Waals surface area contributed by atoms with E-state index in [0.717, 1.165) is 0 Å². The van der Waals surface area contributed by atoms with E-state index in [0.29, 0.717) is 21.3 Å². The second-order valence-electron chi connectivity index (χ2n) is 3.97. The van der Waals surface area contributed by atoms with Crippen LogP contribution in [0.25, 0.3) is 6.08 Å². The Bertz CT molecular complexity index is 633. The summed E-state index contributed by atoms with van der Waals surface area (Å²) in [5, 5.41) is 3.32. The van der Waals surface area contributed by atoms with Gasteiger partial charge in [0.25, 0.3) is 0 Å². The molecule has 2 rings (SSSR count). The van der Waals surface area contributed by atoms with E-state index in [4.69, 9.17) is 23.2 Å². The van der Waals surface area contributed by atoms with Crippen molar-refractivity contribution >= 4 is 40.9 Å². The van der Waals surface area contributed by atoms with E-state index >= 15 is 0 Å². The highest BCUT2D eigenvalue weighted by atomic mass is 35.5. The van der Waals surface area contributed by atoms with E-state index in [1.54, 1.807) is 36.4 Å². The first-order chi connectivity index (χ1) is 9.56. The first-order valence-corrected chi connectivity index (χ1v) is 6.50. The molecule has 1 N–H and O–H groups in total. The molecular formula is C15H10Cl2FNO. The zero-order chi connectivity index (χ0) is 14.5. The molecule has 0 saturated carbocycles. The van der Waals surface area contributed by atoms with Crippen molar-refractivity contribution in [3.63, 3.8) is 0 Å². The standard InChI is InChI=1S/C15H10Cl2FNO/c16-12-2-1-3-13(17)15(12)19-14(20)9-6-10-4-7-11(18)8-5-10/h1-9H,(H,19,20)/b9-6+. The molecule has 0 aliphatic rings. The van der Waals surface area contributed by atoms with Gasteiger partial charge in [-0.05, 0) is 35.9 Å². The van der Waals surface area contributed by atoms with Gasteiger partial charge in [0.15, 0.2) is 0 Å². The monoisotopic (exact) mass is 309 g/mol. The fourth-order valence-electron chi connectivity index (χ4n) is 1.53. The molecule has 0 spiro atoms. The number of carbonyl (C=O) groups excluding carboxylic acids is 1. The molecule has 20 heavy (non-hydrogen) atoms. The van der Waals surface area contributed by atoms with Gasteiger partial charge in [-0.15, -0.1) is 0 Å². The summed E-state index contributed by atoms with van der Waals surface area (Å²) in [4.78, 5) is 11.8. The van der Waals surface area contributed by atoms with Crippen molar-refractivity contribution in [3.05, 3.63) is 70.0 Å². The first kappa shape index (κ1) is 14.6. The first-order valence-electron chi connectivity index (χ1n) is 5.75. The molecule has 0 radical (unpaired) electrons. The van der Waals surface area contributed by atoms with E-state index in [1.165, 1.54) is 18.2 Å². The summed E-state index contributed by atoms with van der Waals surface area (Å²) in [7, 11) is 0. The summed E-state index contributed by atoms with van der Waals surface area (Å²) in [6.45, 7) is 0. The number of amides is 1. The molecule has 0 fully saturated rings. The molecule has 0 aliphatic carbocycles. The number of benzene rings is 2. The van der Waals surface area contributed by atoms with Gasteiger partial charge in [0.1, 0.15) is 5.82 Å². The Hall–Kier alpha value is -1.84. The number of hydrogen-bond acceptors (Lipinski definition) is 1. The van der Waals surface area contributed by atoms with E-state index < -0.39 is 0 Å². The smallest absolute Gasteiger partial charge is 0.248 e. The second kappa shape index (κ2) is 6.55. The van der Waals surface area contributed by atoms with Gasteiger partial charge in [-0.2, -0.15) is 0 Å². The number of rotatable bonds is 3. The quantitative estimate of drug-likeness (QED) is 0.812. The maximum atomic E-state index is 12.7. The van der Waals surface area contributed by atoms with Crippen LogP contribution in [0, 0.1) is 5.82 Å². The van der Waals surface area contributed by atoms with Crippen molar-refractivity contribution in [2.75, 3.05) is 5.32 Å². The lowest BCUT2D eigenvalue weighted by molar-refractivity contribution is -0.111. The van der Waals surface area contributed by atoms with Crippen molar-refractivity contribution in [1.29, 1.82) is 0 Å². The lowest BCUT2D eigenvalue weighted by Crippen LogP contribution is -2.08. The van der Waals surface area contributed by atoms with E-state index in [-0.39, 0.29) is 11.7 Å². The maximum Gasteiger partial charge on any atom is 0.248 e. The van der Waals surface area contributed by atoms with Crippen LogP contribution in [0.5, 0.6) is 0 Å². The van der Waals surface area contributed by atoms with Gasteiger partial charge in [0.05, 0.1) is 15.7 Å². The number of anilines is 1. The lowest BCUT2D eigenvalue weighted by Gasteiger charge is -2.06. The van der Waals surface area contributed by atoms with Crippen LogP contribution >= 0.6 is 23.2 Å². The van der Waals surface area contributed by atoms with Crippen molar-refractivity contribution in [2.45, 2.75) is 0 Å². The third-order valence-corrected chi connectivity index (χ3v) is 3.14. The van der Waals surface area contributed by atoms with Crippen molar-refractivity contribution in [3.8, 4) is 0 Å². The second-order valence-corrected chi connectivity index (χ2v) is 4.79. The van der Waals surface area contributed by atoms with Gasteiger partial charge >= 0.3 is 0 Å². The Balaban J connectivity index is 2.07. The summed E-state index contributed by atoms with van der Waals surface area (Å²) < 4.78 is 12.7. The van der Waals surface area contributed by atoms with Crippen molar-refractivity contribution in [2.24, 2.45) is 0 Å². The van der Waals surface area contributed by atoms with Crippen LogP contribution in [0.15, 0.2) is 48.5 Å². The van der Waals surface area contributed by atoms with Gasteiger partial charge in [-0.25, -0.2) is 4.39 Å². The summed E-state index contributed by atoms with van der Waals surface area (Å²) in [5.41, 5.74) is 1.08. The van der Waals surface area contributed by atoms with E-state index in [1.807, 2.05) is 0 Å². The van der Waals surface area contributed by atoms with Crippen LogP contribution in [0.3, 0.4) is 0 Å². The number of hydrogen-bond donors (Lipinski definition) is 1. The van der Waals surface area contributed by atoms with Gasteiger partial charge in [0, 0.05) is 6.08 Å². The van der Waals surface area contributed by atoms with Crippen molar-refractivity contribution < 1.29 is 9.18 Å². The Morgan fingerprint density at radius 3 is 2.25 bits per heavy atom. The molecule has 0 saturated heterocycles. The summed E-state index contributed by atoms with van der Waals surface area (Å²) >= 11 is 11.9. The van der Waals surface area contributed by atoms with Crippen LogP contribution in [-0.2, 0) is 4.79 Å². The Morgan fingerprint density at radius 2 is 1.65 bits per heavy atom. The third-order valence-electron chi connectivity index (χ3n) is 2.51. The summed E-state index contributed by atoms with van der Waals surface area (Å²) in [6, 6.07) is 10.7. The fraction of sp³-hybridized carbons (Fsp3) is 0. The molecule has 2 aromatic carbocycles. The summed E-state index contributed by atoms with van der Waals surface area (Å²) in [6.07, 6.45) is 2.90. The Labute approximate surface area is 125 Å². The van der Waals surface area contributed by atoms with Gasteiger partial charge in [0.2, 0.25) is 5.91 Å². The van der Waals surface area contributed by atoms with E-state index in [2.05, 4.69) is 5.32 Å². The molecule has 2 aromatic rings. The highest BCUT2D eigenvalue weighted by molar-refractivity contribution is 6.39. The van der Waals surface area contributed by atoms with Crippen LogP contribution in [0.4, 0.5) is 10.1 Å². The fourth-order valence-corrected chi connectivity index (χ4v) is 2.02. The molecule has 0 aliphatic heterocycles. The Morgan fingerprint density at radius 1 is 1.05 bits per heavy atom. The van der Waals surface area contributed by atoms with Gasteiger partial charge in [-0.1, -0.05) is 41.4 Å². The minimum absolute atomic E-state index is 0.325. The van der Waals surface area contributed by atoms with Gasteiger partial charge in [-0.3, -0.25) is 4.79 Å². The predicted octanol–water partition coefficient (Wildman–Crippen LogP) is 4.78. The lowest BCUT2D eigenvalue weighted by atomic mass is 10.2. The van der Waals surface area contributed by atoms with Crippen LogP contribution < -0.4 is 5.32 Å². The highest BCUT2D eigenvalue weighted by Crippen LogP contribution is 2.29. The molecule has 0 unspecified atom stereocenters. The average molecular weight is 310 g/mol. The van der Waals surface area contributed by atoms with Gasteiger partial charge < -0.3 is 5.32 Å². The third kappa shape index (κ3) is 3.83. The zero-order valence-corrected chi connectivity index (χ0v) is 11.8. The maximum absolute atomic E-state index is 12.7. The number of carbonyl (C=O) groups is 1. The molecule has 0 atom stereocenters. The van der Waals surface area contributed by atoms with Crippen LogP contribution in [0.1, 0.15) is 5.56 Å². The summed E-state index contributed by atoms with van der Waals surface area (Å²) in [5.74, 6) is -0.696. The molecule has 2 nitrogen and oxygen atoms in total. The molecule has 102 valence electrons. The minimum Gasteiger partial charge on any atom is -0.320 e. The van der Waals surface area contributed by atoms with Crippen LogP contribution in [-0.4, -0.2) is 5.91 Å². The minimum atomic E-state index is -0.371.